The van der Waals surface area contributed by atoms with Gasteiger partial charge in [-0.15, -0.1) is 10.2 Å². The lowest BCUT2D eigenvalue weighted by Gasteiger charge is -2.09. The van der Waals surface area contributed by atoms with Gasteiger partial charge in [-0.3, -0.25) is 9.59 Å². The van der Waals surface area contributed by atoms with Crippen LogP contribution in [-0.2, 0) is 23.1 Å². The third kappa shape index (κ3) is 7.11. The fraction of sp³-hybridized carbons (Fsp3) is 0.227. The molecular weight excluding hydrogens is 537 g/mol. The number of thioether (sulfide) groups is 1. The largest absolute Gasteiger partial charge is 0.462 e. The highest BCUT2D eigenvalue weighted by molar-refractivity contribution is 7.99. The number of rotatable bonds is 9. The molecule has 0 saturated carbocycles. The lowest BCUT2D eigenvalue weighted by atomic mass is 10.2. The predicted octanol–water partition coefficient (Wildman–Crippen LogP) is 4.61. The van der Waals surface area contributed by atoms with Gasteiger partial charge in [-0.2, -0.15) is 0 Å². The second-order valence-corrected chi connectivity index (χ2v) is 9.19. The molecule has 1 heterocycles. The molecule has 2 amide bonds. The van der Waals surface area contributed by atoms with Crippen LogP contribution in [-0.4, -0.2) is 44.9 Å². The van der Waals surface area contributed by atoms with Gasteiger partial charge in [0, 0.05) is 12.6 Å². The molecule has 9 nitrogen and oxygen atoms in total. The van der Waals surface area contributed by atoms with Crippen molar-refractivity contribution in [2.75, 3.05) is 17.7 Å². The zero-order valence-electron chi connectivity index (χ0n) is 18.6. The first-order chi connectivity index (χ1) is 16.7. The number of ether oxygens (including phenoxy) is 1. The highest BCUT2D eigenvalue weighted by Gasteiger charge is 2.15. The molecule has 0 aliphatic rings. The maximum absolute atomic E-state index is 12.4. The monoisotopic (exact) mass is 555 g/mol. The van der Waals surface area contributed by atoms with Gasteiger partial charge in [-0.25, -0.2) is 4.79 Å². The predicted molar refractivity (Wildman–Crippen MR) is 135 cm³/mol. The van der Waals surface area contributed by atoms with E-state index in [4.69, 9.17) is 39.5 Å². The van der Waals surface area contributed by atoms with E-state index in [-0.39, 0.29) is 46.3 Å². The molecule has 13 heteroatoms. The number of hydrogen-bond donors (Lipinski definition) is 2. The molecule has 184 valence electrons. The number of halogens is 3. The number of nitrogens with zero attached hydrogens (tertiary/aromatic N) is 3. The van der Waals surface area contributed by atoms with E-state index >= 15 is 0 Å². The number of esters is 1. The molecule has 3 rings (SSSR count). The van der Waals surface area contributed by atoms with E-state index in [1.54, 1.807) is 30.7 Å². The van der Waals surface area contributed by atoms with E-state index in [1.807, 2.05) is 0 Å². The minimum atomic E-state index is -0.507. The Morgan fingerprint density at radius 1 is 1.00 bits per heavy atom. The van der Waals surface area contributed by atoms with Crippen LogP contribution in [0.1, 0.15) is 33.5 Å². The lowest BCUT2D eigenvalue weighted by molar-refractivity contribution is -0.113. The molecule has 0 aliphatic carbocycles. The zero-order chi connectivity index (χ0) is 25.5. The summed E-state index contributed by atoms with van der Waals surface area (Å²) in [5.74, 6) is -0.697. The Kier molecular flexibility index (Phi) is 9.39. The van der Waals surface area contributed by atoms with Gasteiger partial charge in [0.1, 0.15) is 0 Å². The molecule has 0 saturated heterocycles. The summed E-state index contributed by atoms with van der Waals surface area (Å²) in [5, 5.41) is 14.9. The standard InChI is InChI=1S/C22H20Cl3N5O4S/c1-3-34-21(33)13-5-7-15(24)17(9-13)27-19(31)11-35-22-29-28-18(30(22)2)10-26-20(32)12-4-6-14(23)16(25)8-12/h4-9H,3,10-11H2,1-2H3,(H,26,32)(H,27,31). The molecule has 2 N–H and O–H groups in total. The lowest BCUT2D eigenvalue weighted by Crippen LogP contribution is -2.24. The minimum absolute atomic E-state index is 0.0154. The minimum Gasteiger partial charge on any atom is -0.462 e. The molecule has 0 spiro atoms. The Labute approximate surface area is 220 Å². The average Bonchev–Trinajstić information content (AvgIpc) is 3.18. The van der Waals surface area contributed by atoms with Crippen LogP contribution in [0.3, 0.4) is 0 Å². The number of nitrogens with one attached hydrogen (secondary N) is 2. The Hall–Kier alpha value is -2.79. The van der Waals surface area contributed by atoms with Crippen LogP contribution in [0, 0.1) is 0 Å². The topological polar surface area (TPSA) is 115 Å². The molecule has 35 heavy (non-hydrogen) atoms. The smallest absolute Gasteiger partial charge is 0.338 e. The summed E-state index contributed by atoms with van der Waals surface area (Å²) in [6.45, 7) is 2.06. The number of hydrogen-bond acceptors (Lipinski definition) is 7. The van der Waals surface area contributed by atoms with Crippen molar-refractivity contribution in [3.8, 4) is 0 Å². The van der Waals surface area contributed by atoms with Crippen molar-refractivity contribution in [2.45, 2.75) is 18.6 Å². The third-order valence-corrected chi connectivity index (χ3v) is 6.69. The first-order valence-corrected chi connectivity index (χ1v) is 12.3. The normalized spacial score (nSPS) is 10.7. The average molecular weight is 557 g/mol. The Morgan fingerprint density at radius 3 is 2.43 bits per heavy atom. The first-order valence-electron chi connectivity index (χ1n) is 10.2. The molecular formula is C22H20Cl3N5O4S. The Morgan fingerprint density at radius 2 is 1.71 bits per heavy atom. The van der Waals surface area contributed by atoms with Crippen molar-refractivity contribution in [1.82, 2.24) is 20.1 Å². The van der Waals surface area contributed by atoms with Crippen molar-refractivity contribution in [1.29, 1.82) is 0 Å². The highest BCUT2D eigenvalue weighted by Crippen LogP contribution is 2.25. The van der Waals surface area contributed by atoms with Crippen LogP contribution in [0.5, 0.6) is 0 Å². The second-order valence-electron chi connectivity index (χ2n) is 7.02. The van der Waals surface area contributed by atoms with Crippen molar-refractivity contribution >= 4 is 70.0 Å². The van der Waals surface area contributed by atoms with Crippen LogP contribution in [0.4, 0.5) is 5.69 Å². The first kappa shape index (κ1) is 26.8. The molecule has 1 aromatic heterocycles. The van der Waals surface area contributed by atoms with Gasteiger partial charge in [0.25, 0.3) is 5.91 Å². The number of carbonyl (C=O) groups excluding carboxylic acids is 3. The van der Waals surface area contributed by atoms with Gasteiger partial charge in [-0.1, -0.05) is 46.6 Å². The van der Waals surface area contributed by atoms with Crippen molar-refractivity contribution in [2.24, 2.45) is 7.05 Å². The fourth-order valence-corrected chi connectivity index (χ4v) is 4.00. The zero-order valence-corrected chi connectivity index (χ0v) is 21.7. The fourth-order valence-electron chi connectivity index (χ4n) is 2.80. The maximum atomic E-state index is 12.4. The molecule has 0 aliphatic heterocycles. The van der Waals surface area contributed by atoms with E-state index in [0.717, 1.165) is 11.8 Å². The van der Waals surface area contributed by atoms with Gasteiger partial charge in [0.2, 0.25) is 5.91 Å². The van der Waals surface area contributed by atoms with E-state index in [2.05, 4.69) is 20.8 Å². The summed E-state index contributed by atoms with van der Waals surface area (Å²) in [6, 6.07) is 9.07. The highest BCUT2D eigenvalue weighted by atomic mass is 35.5. The van der Waals surface area contributed by atoms with Crippen LogP contribution < -0.4 is 10.6 Å². The molecule has 0 bridgehead atoms. The Balaban J connectivity index is 1.55. The van der Waals surface area contributed by atoms with E-state index in [9.17, 15) is 14.4 Å². The summed E-state index contributed by atoms with van der Waals surface area (Å²) < 4.78 is 6.63. The van der Waals surface area contributed by atoms with Gasteiger partial charge < -0.3 is 19.9 Å². The second kappa shape index (κ2) is 12.3. The van der Waals surface area contributed by atoms with Crippen LogP contribution in [0.2, 0.25) is 15.1 Å². The summed E-state index contributed by atoms with van der Waals surface area (Å²) >= 11 is 19.1. The van der Waals surface area contributed by atoms with Gasteiger partial charge in [0.05, 0.1) is 45.2 Å². The molecule has 3 aromatic rings. The molecule has 2 aromatic carbocycles. The van der Waals surface area contributed by atoms with Gasteiger partial charge >= 0.3 is 5.97 Å². The number of amides is 2. The Bertz CT molecular complexity index is 1270. The molecule has 0 fully saturated rings. The van der Waals surface area contributed by atoms with Crippen LogP contribution in [0.25, 0.3) is 0 Å². The van der Waals surface area contributed by atoms with E-state index < -0.39 is 5.97 Å². The quantitative estimate of drug-likeness (QED) is 0.292. The van der Waals surface area contributed by atoms with E-state index in [0.29, 0.717) is 27.3 Å². The van der Waals surface area contributed by atoms with Gasteiger partial charge in [0.15, 0.2) is 11.0 Å². The van der Waals surface area contributed by atoms with Crippen molar-refractivity contribution < 1.29 is 19.1 Å². The van der Waals surface area contributed by atoms with Crippen LogP contribution in [0.15, 0.2) is 41.6 Å². The summed E-state index contributed by atoms with van der Waals surface area (Å²) in [7, 11) is 1.72. The van der Waals surface area contributed by atoms with Crippen LogP contribution >= 0.6 is 46.6 Å². The number of benzene rings is 2. The molecule has 0 atom stereocenters. The number of anilines is 1. The van der Waals surface area contributed by atoms with Crippen molar-refractivity contribution in [3.05, 3.63) is 68.4 Å². The third-order valence-electron chi connectivity index (χ3n) is 4.60. The summed E-state index contributed by atoms with van der Waals surface area (Å²) in [6.07, 6.45) is 0. The molecule has 0 radical (unpaired) electrons. The van der Waals surface area contributed by atoms with Crippen molar-refractivity contribution in [3.63, 3.8) is 0 Å². The SMILES string of the molecule is CCOC(=O)c1ccc(Cl)c(NC(=O)CSc2nnc(CNC(=O)c3ccc(Cl)c(Cl)c3)n2C)c1. The number of aromatic nitrogens is 3. The van der Waals surface area contributed by atoms with Gasteiger partial charge in [-0.05, 0) is 43.3 Å². The van der Waals surface area contributed by atoms with E-state index in [1.165, 1.54) is 24.3 Å². The maximum Gasteiger partial charge on any atom is 0.338 e. The molecule has 0 unspecified atom stereocenters. The number of carbonyl (C=O) groups is 3. The summed E-state index contributed by atoms with van der Waals surface area (Å²) in [5.41, 5.74) is 0.935. The summed E-state index contributed by atoms with van der Waals surface area (Å²) in [4.78, 5) is 36.7.